The van der Waals surface area contributed by atoms with Crippen molar-refractivity contribution in [3.63, 3.8) is 0 Å². The summed E-state index contributed by atoms with van der Waals surface area (Å²) in [6.07, 6.45) is 0. The highest BCUT2D eigenvalue weighted by atomic mass is 16.4. The van der Waals surface area contributed by atoms with Crippen LogP contribution < -0.4 is 0 Å². The minimum Gasteiger partial charge on any atom is -0.506 e. The highest BCUT2D eigenvalue weighted by molar-refractivity contribution is 6.40. The van der Waals surface area contributed by atoms with Crippen LogP contribution in [0.5, 0.6) is 5.75 Å². The topological polar surface area (TPSA) is 112 Å². The van der Waals surface area contributed by atoms with Gasteiger partial charge in [-0.1, -0.05) is 6.07 Å². The third kappa shape index (κ3) is 1.93. The lowest BCUT2D eigenvalue weighted by molar-refractivity contribution is -0.131. The first kappa shape index (κ1) is 10.7. The van der Waals surface area contributed by atoms with E-state index in [-0.39, 0.29) is 0 Å². The second-order valence-corrected chi connectivity index (χ2v) is 2.64. The molecule has 6 heteroatoms. The molecule has 0 aliphatic heterocycles. The molecule has 1 aromatic rings. The summed E-state index contributed by atoms with van der Waals surface area (Å²) < 4.78 is 0. The van der Waals surface area contributed by atoms with E-state index >= 15 is 0 Å². The van der Waals surface area contributed by atoms with Gasteiger partial charge in [0.2, 0.25) is 0 Å². The van der Waals surface area contributed by atoms with Gasteiger partial charge in [-0.05, 0) is 12.1 Å². The smallest absolute Gasteiger partial charge is 0.377 e. The molecule has 1 aromatic carbocycles. The summed E-state index contributed by atoms with van der Waals surface area (Å²) in [6.45, 7) is 0. The molecule has 0 fully saturated rings. The van der Waals surface area contributed by atoms with Crippen molar-refractivity contribution >= 4 is 17.7 Å². The van der Waals surface area contributed by atoms with Crippen molar-refractivity contribution in [2.24, 2.45) is 0 Å². The van der Waals surface area contributed by atoms with E-state index in [1.54, 1.807) is 0 Å². The molecule has 0 aliphatic carbocycles. The third-order valence-corrected chi connectivity index (χ3v) is 1.71. The molecule has 0 heterocycles. The van der Waals surface area contributed by atoms with Crippen LogP contribution in [0.1, 0.15) is 20.7 Å². The van der Waals surface area contributed by atoms with Gasteiger partial charge < -0.3 is 15.3 Å². The van der Waals surface area contributed by atoms with Crippen LogP contribution >= 0.6 is 0 Å². The molecule has 0 radical (unpaired) electrons. The standard InChI is InChI=1S/C9H6O6/c10-6-4(7(11)9(14)15)2-1-3-5(6)8(12)13/h1-3,10H,(H,12,13)(H,14,15). The van der Waals surface area contributed by atoms with Crippen LogP contribution in [-0.2, 0) is 4.79 Å². The van der Waals surface area contributed by atoms with Gasteiger partial charge in [0.1, 0.15) is 11.3 Å². The Morgan fingerprint density at radius 1 is 1.00 bits per heavy atom. The number of rotatable bonds is 3. The number of para-hydroxylation sites is 1. The number of carboxylic acid groups (broad SMARTS) is 2. The number of Topliss-reactive ketones (excluding diaryl/α,β-unsaturated/α-hetero) is 1. The molecule has 0 aliphatic rings. The van der Waals surface area contributed by atoms with Gasteiger partial charge in [-0.2, -0.15) is 0 Å². The van der Waals surface area contributed by atoms with E-state index in [1.165, 1.54) is 6.07 Å². The zero-order valence-electron chi connectivity index (χ0n) is 7.30. The summed E-state index contributed by atoms with van der Waals surface area (Å²) in [5, 5.41) is 26.3. The lowest BCUT2D eigenvalue weighted by Gasteiger charge is -2.03. The maximum absolute atomic E-state index is 11.0. The number of aromatic carboxylic acids is 1. The SMILES string of the molecule is O=C(O)C(=O)c1cccc(C(=O)O)c1O. The van der Waals surface area contributed by atoms with E-state index in [4.69, 9.17) is 10.2 Å². The summed E-state index contributed by atoms with van der Waals surface area (Å²) in [7, 11) is 0. The molecule has 0 saturated heterocycles. The zero-order valence-corrected chi connectivity index (χ0v) is 7.30. The third-order valence-electron chi connectivity index (χ3n) is 1.71. The second-order valence-electron chi connectivity index (χ2n) is 2.64. The van der Waals surface area contributed by atoms with Crippen LogP contribution in [0, 0.1) is 0 Å². The summed E-state index contributed by atoms with van der Waals surface area (Å²) >= 11 is 0. The highest BCUT2D eigenvalue weighted by Gasteiger charge is 2.22. The van der Waals surface area contributed by atoms with Gasteiger partial charge in [0.05, 0.1) is 5.56 Å². The van der Waals surface area contributed by atoms with Gasteiger partial charge in [-0.25, -0.2) is 9.59 Å². The first-order chi connectivity index (χ1) is 6.95. The van der Waals surface area contributed by atoms with Crippen LogP contribution in [0.3, 0.4) is 0 Å². The number of carboxylic acids is 2. The largest absolute Gasteiger partial charge is 0.506 e. The van der Waals surface area contributed by atoms with Crippen molar-refractivity contribution in [3.8, 4) is 5.75 Å². The lowest BCUT2D eigenvalue weighted by atomic mass is 10.1. The van der Waals surface area contributed by atoms with Gasteiger partial charge in [0, 0.05) is 0 Å². The molecule has 78 valence electrons. The number of aliphatic carboxylic acids is 1. The Hall–Kier alpha value is -2.37. The molecule has 0 aromatic heterocycles. The number of aromatic hydroxyl groups is 1. The Bertz CT molecular complexity index is 448. The number of hydrogen-bond donors (Lipinski definition) is 3. The Morgan fingerprint density at radius 2 is 1.53 bits per heavy atom. The van der Waals surface area contributed by atoms with E-state index in [2.05, 4.69) is 0 Å². The average molecular weight is 210 g/mol. The Balaban J connectivity index is 3.33. The lowest BCUT2D eigenvalue weighted by Crippen LogP contribution is -2.14. The van der Waals surface area contributed by atoms with E-state index < -0.39 is 34.6 Å². The van der Waals surface area contributed by atoms with Crippen molar-refractivity contribution in [2.45, 2.75) is 0 Å². The summed E-state index contributed by atoms with van der Waals surface area (Å²) in [5.41, 5.74) is -1.05. The molecule has 0 atom stereocenters. The number of benzene rings is 1. The van der Waals surface area contributed by atoms with E-state index in [9.17, 15) is 19.5 Å². The van der Waals surface area contributed by atoms with Crippen LogP contribution in [0.25, 0.3) is 0 Å². The highest BCUT2D eigenvalue weighted by Crippen LogP contribution is 2.22. The monoisotopic (exact) mass is 210 g/mol. The molecule has 3 N–H and O–H groups in total. The van der Waals surface area contributed by atoms with Crippen molar-refractivity contribution in [2.75, 3.05) is 0 Å². The number of phenols is 1. The van der Waals surface area contributed by atoms with Crippen LogP contribution in [0.2, 0.25) is 0 Å². The first-order valence-corrected chi connectivity index (χ1v) is 3.78. The van der Waals surface area contributed by atoms with Crippen molar-refractivity contribution < 1.29 is 29.7 Å². The second kappa shape index (κ2) is 3.79. The predicted octanol–water partition coefficient (Wildman–Crippen LogP) is 0.358. The number of ketones is 1. The average Bonchev–Trinajstić information content (AvgIpc) is 2.16. The van der Waals surface area contributed by atoms with Crippen molar-refractivity contribution in [3.05, 3.63) is 29.3 Å². The fourth-order valence-corrected chi connectivity index (χ4v) is 1.01. The van der Waals surface area contributed by atoms with E-state index in [0.717, 1.165) is 12.1 Å². The number of carbonyl (C=O) groups excluding carboxylic acids is 1. The molecule has 0 amide bonds. The van der Waals surface area contributed by atoms with Crippen LogP contribution in [-0.4, -0.2) is 33.0 Å². The quantitative estimate of drug-likeness (QED) is 0.490. The van der Waals surface area contributed by atoms with Crippen LogP contribution in [0.4, 0.5) is 0 Å². The summed E-state index contributed by atoms with van der Waals surface area (Å²) in [4.78, 5) is 31.9. The van der Waals surface area contributed by atoms with Crippen LogP contribution in [0.15, 0.2) is 18.2 Å². The van der Waals surface area contributed by atoms with Gasteiger partial charge in [0.25, 0.3) is 5.78 Å². The van der Waals surface area contributed by atoms with Crippen molar-refractivity contribution in [1.82, 2.24) is 0 Å². The zero-order chi connectivity index (χ0) is 11.6. The summed E-state index contributed by atoms with van der Waals surface area (Å²) in [6, 6.07) is 3.29. The van der Waals surface area contributed by atoms with E-state index in [1.807, 2.05) is 0 Å². The fourth-order valence-electron chi connectivity index (χ4n) is 1.01. The van der Waals surface area contributed by atoms with Gasteiger partial charge in [0.15, 0.2) is 0 Å². The predicted molar refractivity (Wildman–Crippen MR) is 47.0 cm³/mol. The molecule has 1 rings (SSSR count). The van der Waals surface area contributed by atoms with Gasteiger partial charge >= 0.3 is 11.9 Å². The minimum atomic E-state index is -1.76. The van der Waals surface area contributed by atoms with E-state index in [0.29, 0.717) is 0 Å². The molecule has 15 heavy (non-hydrogen) atoms. The Kier molecular flexibility index (Phi) is 2.70. The first-order valence-electron chi connectivity index (χ1n) is 3.78. The van der Waals surface area contributed by atoms with Crippen molar-refractivity contribution in [1.29, 1.82) is 0 Å². The molecule has 0 saturated carbocycles. The molecular weight excluding hydrogens is 204 g/mol. The number of carbonyl (C=O) groups is 3. The molecular formula is C9H6O6. The van der Waals surface area contributed by atoms with Gasteiger partial charge in [-0.3, -0.25) is 4.79 Å². The minimum absolute atomic E-state index is 0.512. The maximum Gasteiger partial charge on any atom is 0.377 e. The summed E-state index contributed by atoms with van der Waals surface area (Å²) in [5.74, 6) is -5.38. The molecule has 0 unspecified atom stereocenters. The Morgan fingerprint density at radius 3 is 2.00 bits per heavy atom. The number of hydrogen-bond acceptors (Lipinski definition) is 4. The normalized spacial score (nSPS) is 9.60. The Labute approximate surface area is 83.4 Å². The maximum atomic E-state index is 11.0. The fraction of sp³-hybridized carbons (Fsp3) is 0. The molecule has 0 bridgehead atoms. The van der Waals surface area contributed by atoms with Gasteiger partial charge in [-0.15, -0.1) is 0 Å². The molecule has 0 spiro atoms. The molecule has 6 nitrogen and oxygen atoms in total.